The van der Waals surface area contributed by atoms with Crippen molar-refractivity contribution in [2.45, 2.75) is 32.5 Å². The number of nitro benzene ring substituents is 1. The number of carbonyl (C=O) groups excluding carboxylic acids is 3. The van der Waals surface area contributed by atoms with Crippen molar-refractivity contribution in [2.75, 3.05) is 6.26 Å². The molecule has 2 rings (SSSR count). The fourth-order valence-electron chi connectivity index (χ4n) is 3.30. The Labute approximate surface area is 182 Å². The molecule has 1 unspecified atom stereocenters. The van der Waals surface area contributed by atoms with Crippen LogP contribution in [0.5, 0.6) is 0 Å². The molecule has 32 heavy (non-hydrogen) atoms. The highest BCUT2D eigenvalue weighted by molar-refractivity contribution is 7.88. The minimum absolute atomic E-state index is 0.154. The van der Waals surface area contributed by atoms with Gasteiger partial charge in [0.2, 0.25) is 15.9 Å². The van der Waals surface area contributed by atoms with E-state index in [1.54, 1.807) is 0 Å². The summed E-state index contributed by atoms with van der Waals surface area (Å²) in [4.78, 5) is 49.6. The van der Waals surface area contributed by atoms with Gasteiger partial charge in [0.1, 0.15) is 6.61 Å². The normalized spacial score (nSPS) is 19.5. The Morgan fingerprint density at radius 3 is 2.38 bits per heavy atom. The predicted molar refractivity (Wildman–Crippen MR) is 109 cm³/mol. The number of β-lactam (4-membered cyclic amide) rings is 1. The van der Waals surface area contributed by atoms with Gasteiger partial charge in [-0.25, -0.2) is 17.9 Å². The number of Topliss-reactive ketones (excluding diaryl/α,β-unsaturated/α-hetero) is 1. The molecule has 0 aliphatic carbocycles. The van der Waals surface area contributed by atoms with Crippen molar-refractivity contribution in [1.29, 1.82) is 0 Å². The van der Waals surface area contributed by atoms with Gasteiger partial charge >= 0.3 is 11.7 Å². The number of non-ortho nitro benzene ring substituents is 1. The van der Waals surface area contributed by atoms with E-state index >= 15 is 0 Å². The van der Waals surface area contributed by atoms with Crippen LogP contribution >= 0.6 is 0 Å². The standard InChI is InChI=1S/C18H21N5O8S/c1-9(14-13(17(25)20-14)10(2)22-32(3,29)30)16(24)15(21-19)18(26)31-8-11-4-6-12(7-5-11)23(27)28/h4-7,9-10,13-14,22H,8H2,1-3H3,(H,20,25)/t9?,10-,13-,14-/m1/s1. The molecule has 2 N–H and O–H groups in total. The monoisotopic (exact) mass is 467 g/mol. The summed E-state index contributed by atoms with van der Waals surface area (Å²) in [6.45, 7) is 2.52. The highest BCUT2D eigenvalue weighted by Gasteiger charge is 2.50. The van der Waals surface area contributed by atoms with E-state index in [1.807, 2.05) is 0 Å². The lowest BCUT2D eigenvalue weighted by Crippen LogP contribution is -2.68. The number of nitrogens with zero attached hydrogens (tertiary/aromatic N) is 3. The Balaban J connectivity index is 2.04. The molecule has 0 bridgehead atoms. The van der Waals surface area contributed by atoms with Crippen molar-refractivity contribution in [3.63, 3.8) is 0 Å². The first-order valence-corrected chi connectivity index (χ1v) is 11.2. The van der Waals surface area contributed by atoms with Crippen molar-refractivity contribution in [2.24, 2.45) is 11.8 Å². The summed E-state index contributed by atoms with van der Waals surface area (Å²) in [7, 11) is -3.60. The van der Waals surface area contributed by atoms with E-state index in [9.17, 15) is 38.4 Å². The Morgan fingerprint density at radius 1 is 1.31 bits per heavy atom. The van der Waals surface area contributed by atoms with Gasteiger partial charge in [0.05, 0.1) is 23.1 Å². The predicted octanol–water partition coefficient (Wildman–Crippen LogP) is -0.434. The fraction of sp³-hybridized carbons (Fsp3) is 0.444. The quantitative estimate of drug-likeness (QED) is 0.0674. The maximum atomic E-state index is 12.7. The number of esters is 1. The molecule has 14 heteroatoms. The summed E-state index contributed by atoms with van der Waals surface area (Å²) in [5.74, 6) is -4.52. The van der Waals surface area contributed by atoms with E-state index in [2.05, 4.69) is 14.8 Å². The molecule has 13 nitrogen and oxygen atoms in total. The number of hydrogen-bond donors (Lipinski definition) is 2. The highest BCUT2D eigenvalue weighted by atomic mass is 32.2. The van der Waals surface area contributed by atoms with Crippen molar-refractivity contribution in [3.05, 3.63) is 45.5 Å². The molecule has 0 radical (unpaired) electrons. The topological polar surface area (TPSA) is 198 Å². The number of hydrogen-bond acceptors (Lipinski definition) is 8. The number of rotatable bonds is 10. The Kier molecular flexibility index (Phi) is 7.56. The largest absolute Gasteiger partial charge is 0.452 e. The van der Waals surface area contributed by atoms with Crippen molar-refractivity contribution >= 4 is 39.1 Å². The zero-order valence-corrected chi connectivity index (χ0v) is 18.2. The van der Waals surface area contributed by atoms with Crippen LogP contribution in [0.2, 0.25) is 0 Å². The summed E-state index contributed by atoms with van der Waals surface area (Å²) >= 11 is 0. The number of ketones is 1. The van der Waals surface area contributed by atoms with E-state index in [0.29, 0.717) is 5.56 Å². The van der Waals surface area contributed by atoms with Gasteiger partial charge in [-0.3, -0.25) is 19.7 Å². The lowest BCUT2D eigenvalue weighted by molar-refractivity contribution is -0.384. The van der Waals surface area contributed by atoms with Gasteiger partial charge in [0.15, 0.2) is 0 Å². The minimum Gasteiger partial charge on any atom is -0.452 e. The van der Waals surface area contributed by atoms with Crippen molar-refractivity contribution in [3.8, 4) is 0 Å². The van der Waals surface area contributed by atoms with Crippen LogP contribution in [0.25, 0.3) is 5.53 Å². The van der Waals surface area contributed by atoms with Crippen LogP contribution < -0.4 is 10.0 Å². The van der Waals surface area contributed by atoms with Gasteiger partial charge in [0.25, 0.3) is 11.5 Å². The van der Waals surface area contributed by atoms with Gasteiger partial charge in [-0.15, -0.1) is 0 Å². The minimum atomic E-state index is -3.60. The van der Waals surface area contributed by atoms with Gasteiger partial charge in [-0.05, 0) is 24.6 Å². The van der Waals surface area contributed by atoms with Crippen LogP contribution in [0, 0.1) is 22.0 Å². The second-order valence-electron chi connectivity index (χ2n) is 7.34. The van der Waals surface area contributed by atoms with Crippen LogP contribution in [-0.4, -0.2) is 59.8 Å². The van der Waals surface area contributed by atoms with E-state index in [4.69, 9.17) is 4.74 Å². The highest BCUT2D eigenvalue weighted by Crippen LogP contribution is 2.27. The first-order chi connectivity index (χ1) is 14.9. The molecule has 0 saturated carbocycles. The summed E-state index contributed by atoms with van der Waals surface area (Å²) in [5.41, 5.74) is 8.52. The number of amides is 1. The second-order valence-corrected chi connectivity index (χ2v) is 9.12. The maximum absolute atomic E-state index is 12.7. The molecule has 1 aromatic rings. The Hall–Kier alpha value is -3.48. The smallest absolute Gasteiger partial charge is 0.441 e. The van der Waals surface area contributed by atoms with Gasteiger partial charge in [-0.2, -0.15) is 4.79 Å². The van der Waals surface area contributed by atoms with Crippen molar-refractivity contribution < 1.29 is 37.3 Å². The summed E-state index contributed by atoms with van der Waals surface area (Å²) in [5, 5.41) is 13.2. The van der Waals surface area contributed by atoms with E-state index in [-0.39, 0.29) is 12.3 Å². The van der Waals surface area contributed by atoms with E-state index in [1.165, 1.54) is 38.1 Å². The number of ether oxygens (including phenoxy) is 1. The molecule has 0 spiro atoms. The number of nitrogens with one attached hydrogen (secondary N) is 2. The van der Waals surface area contributed by atoms with Gasteiger partial charge < -0.3 is 15.6 Å². The zero-order chi connectivity index (χ0) is 24.2. The third kappa shape index (κ3) is 5.81. The van der Waals surface area contributed by atoms with E-state index in [0.717, 1.165) is 6.26 Å². The molecule has 1 fully saturated rings. The molecule has 4 atom stereocenters. The van der Waals surface area contributed by atoms with Crippen LogP contribution in [0.3, 0.4) is 0 Å². The van der Waals surface area contributed by atoms with Crippen LogP contribution in [0.1, 0.15) is 19.4 Å². The second kappa shape index (κ2) is 9.77. The summed E-state index contributed by atoms with van der Waals surface area (Å²) in [6.07, 6.45) is 0.932. The lowest BCUT2D eigenvalue weighted by Gasteiger charge is -2.42. The Morgan fingerprint density at radius 2 is 1.91 bits per heavy atom. The number of benzene rings is 1. The lowest BCUT2D eigenvalue weighted by atomic mass is 9.76. The number of sulfonamides is 1. The SMILES string of the molecule is CC(C(=O)C(=[N+]=[N-])C(=O)OCc1ccc([N+](=O)[O-])cc1)[C@H]1NC(=O)[C@@H]1[C@@H](C)NS(C)(=O)=O. The summed E-state index contributed by atoms with van der Waals surface area (Å²) in [6, 6.07) is 3.51. The molecule has 1 saturated heterocycles. The van der Waals surface area contributed by atoms with Crippen LogP contribution in [-0.2, 0) is 35.8 Å². The third-order valence-corrected chi connectivity index (χ3v) is 5.73. The average Bonchev–Trinajstić information content (AvgIpc) is 2.69. The van der Waals surface area contributed by atoms with Gasteiger partial charge in [0, 0.05) is 24.1 Å². The third-order valence-electron chi connectivity index (χ3n) is 4.93. The number of carbonyl (C=O) groups is 3. The molecular formula is C18H21N5O8S. The first-order valence-electron chi connectivity index (χ1n) is 9.30. The fourth-order valence-corrected chi connectivity index (χ4v) is 4.12. The molecule has 1 aliphatic heterocycles. The molecule has 1 aromatic carbocycles. The number of nitro groups is 1. The first kappa shape index (κ1) is 24.8. The maximum Gasteiger partial charge on any atom is 0.441 e. The molecule has 172 valence electrons. The summed E-state index contributed by atoms with van der Waals surface area (Å²) < 4.78 is 30.1. The van der Waals surface area contributed by atoms with E-state index < -0.39 is 62.2 Å². The molecule has 1 amide bonds. The van der Waals surface area contributed by atoms with Crippen molar-refractivity contribution in [1.82, 2.24) is 10.0 Å². The molecule has 0 aromatic heterocycles. The zero-order valence-electron chi connectivity index (χ0n) is 17.3. The van der Waals surface area contributed by atoms with Gasteiger partial charge in [-0.1, -0.05) is 6.92 Å². The molecule has 1 aliphatic rings. The van der Waals surface area contributed by atoms with Crippen LogP contribution in [0.15, 0.2) is 24.3 Å². The average molecular weight is 467 g/mol. The molecule has 1 heterocycles. The Bertz CT molecular complexity index is 1090. The van der Waals surface area contributed by atoms with Crippen LogP contribution in [0.4, 0.5) is 5.69 Å². The molecular weight excluding hydrogens is 446 g/mol.